The highest BCUT2D eigenvalue weighted by Crippen LogP contribution is 2.33. The number of halogens is 2. The van der Waals surface area contributed by atoms with Gasteiger partial charge in [0.05, 0.1) is 25.7 Å². The van der Waals surface area contributed by atoms with Gasteiger partial charge in [-0.25, -0.2) is 8.78 Å². The highest BCUT2D eigenvalue weighted by molar-refractivity contribution is 5.73. The number of alkyl halides is 2. The quantitative estimate of drug-likeness (QED) is 0.805. The number of aliphatic carboxylic acids is 1. The SMILES string of the molecule is COC1=CC(C(=O)O)CC(OC)=C1C(F)F. The summed E-state index contributed by atoms with van der Waals surface area (Å²) in [5.41, 5.74) is -0.373. The summed E-state index contributed by atoms with van der Waals surface area (Å²) in [6.45, 7) is 0. The highest BCUT2D eigenvalue weighted by atomic mass is 19.3. The molecule has 1 rings (SSSR count). The number of carbonyl (C=O) groups is 1. The van der Waals surface area contributed by atoms with E-state index in [0.29, 0.717) is 0 Å². The minimum absolute atomic E-state index is 0.0400. The van der Waals surface area contributed by atoms with Gasteiger partial charge in [0.2, 0.25) is 0 Å². The van der Waals surface area contributed by atoms with Crippen molar-refractivity contribution in [3.8, 4) is 0 Å². The van der Waals surface area contributed by atoms with E-state index in [9.17, 15) is 13.6 Å². The molecule has 0 bridgehead atoms. The average Bonchev–Trinajstić information content (AvgIpc) is 2.26. The first-order chi connectivity index (χ1) is 7.51. The van der Waals surface area contributed by atoms with Crippen molar-refractivity contribution >= 4 is 5.97 Å². The fraction of sp³-hybridized carbons (Fsp3) is 0.500. The van der Waals surface area contributed by atoms with Crippen LogP contribution in [0.15, 0.2) is 23.2 Å². The number of allylic oxidation sites excluding steroid dienone is 2. The fourth-order valence-electron chi connectivity index (χ4n) is 1.54. The van der Waals surface area contributed by atoms with Crippen LogP contribution in [0.25, 0.3) is 0 Å². The summed E-state index contributed by atoms with van der Waals surface area (Å²) in [5, 5.41) is 8.82. The smallest absolute Gasteiger partial charge is 0.310 e. The molecule has 4 nitrogen and oxygen atoms in total. The van der Waals surface area contributed by atoms with Crippen molar-refractivity contribution in [1.29, 1.82) is 0 Å². The number of ether oxygens (including phenoxy) is 2. The van der Waals surface area contributed by atoms with Gasteiger partial charge in [-0.3, -0.25) is 4.79 Å². The van der Waals surface area contributed by atoms with E-state index in [1.54, 1.807) is 0 Å². The third kappa shape index (κ3) is 2.32. The standard InChI is InChI=1S/C10H12F2O4/c1-15-6-3-5(10(13)14)4-7(16-2)8(6)9(11)12/h3,5,9H,4H2,1-2H3,(H,13,14). The van der Waals surface area contributed by atoms with Crippen LogP contribution < -0.4 is 0 Å². The third-order valence-corrected chi connectivity index (χ3v) is 2.33. The third-order valence-electron chi connectivity index (χ3n) is 2.33. The molecule has 6 heteroatoms. The van der Waals surface area contributed by atoms with Crippen molar-refractivity contribution in [3.63, 3.8) is 0 Å². The summed E-state index contributed by atoms with van der Waals surface area (Å²) in [7, 11) is 2.45. The second kappa shape index (κ2) is 4.96. The second-order valence-corrected chi connectivity index (χ2v) is 3.23. The predicted octanol–water partition coefficient (Wildman–Crippen LogP) is 1.79. The van der Waals surface area contributed by atoms with E-state index in [0.717, 1.165) is 0 Å². The van der Waals surface area contributed by atoms with Crippen LogP contribution >= 0.6 is 0 Å². The number of hydrogen-bond acceptors (Lipinski definition) is 3. The van der Waals surface area contributed by atoms with E-state index in [-0.39, 0.29) is 23.5 Å². The van der Waals surface area contributed by atoms with Gasteiger partial charge in [0.15, 0.2) is 0 Å². The van der Waals surface area contributed by atoms with Crippen molar-refractivity contribution in [1.82, 2.24) is 0 Å². The maximum Gasteiger partial charge on any atom is 0.310 e. The maximum atomic E-state index is 12.7. The van der Waals surface area contributed by atoms with Crippen molar-refractivity contribution in [2.24, 2.45) is 5.92 Å². The lowest BCUT2D eigenvalue weighted by Crippen LogP contribution is -2.21. The van der Waals surface area contributed by atoms with Gasteiger partial charge in [0.25, 0.3) is 6.43 Å². The maximum absolute atomic E-state index is 12.7. The zero-order valence-corrected chi connectivity index (χ0v) is 8.87. The summed E-state index contributed by atoms with van der Waals surface area (Å²) < 4.78 is 35.0. The Morgan fingerprint density at radius 2 is 2.12 bits per heavy atom. The zero-order chi connectivity index (χ0) is 12.3. The number of carboxylic acids is 1. The van der Waals surface area contributed by atoms with Crippen molar-refractivity contribution in [3.05, 3.63) is 23.2 Å². The van der Waals surface area contributed by atoms with Gasteiger partial charge >= 0.3 is 5.97 Å². The predicted molar refractivity (Wildman–Crippen MR) is 50.9 cm³/mol. The lowest BCUT2D eigenvalue weighted by molar-refractivity contribution is -0.140. The summed E-state index contributed by atoms with van der Waals surface area (Å²) >= 11 is 0. The number of methoxy groups -OCH3 is 2. The van der Waals surface area contributed by atoms with Crippen LogP contribution in [0.1, 0.15) is 6.42 Å². The molecule has 0 heterocycles. The van der Waals surface area contributed by atoms with Crippen LogP contribution in [0, 0.1) is 5.92 Å². The van der Waals surface area contributed by atoms with E-state index in [2.05, 4.69) is 0 Å². The summed E-state index contributed by atoms with van der Waals surface area (Å²) in [5.74, 6) is -2.17. The summed E-state index contributed by atoms with van der Waals surface area (Å²) in [6, 6.07) is 0. The Kier molecular flexibility index (Phi) is 3.87. The zero-order valence-electron chi connectivity index (χ0n) is 8.87. The Balaban J connectivity index is 3.13. The molecule has 0 saturated heterocycles. The summed E-state index contributed by atoms with van der Waals surface area (Å²) in [4.78, 5) is 10.8. The molecule has 1 N–H and O–H groups in total. The van der Waals surface area contributed by atoms with Gasteiger partial charge in [-0.05, 0) is 6.08 Å². The van der Waals surface area contributed by atoms with Gasteiger partial charge in [-0.15, -0.1) is 0 Å². The Hall–Kier alpha value is -1.59. The molecular formula is C10H12F2O4. The van der Waals surface area contributed by atoms with Crippen LogP contribution in [0.3, 0.4) is 0 Å². The van der Waals surface area contributed by atoms with E-state index >= 15 is 0 Å². The molecule has 1 aliphatic carbocycles. The van der Waals surface area contributed by atoms with Crippen molar-refractivity contribution in [2.75, 3.05) is 14.2 Å². The monoisotopic (exact) mass is 234 g/mol. The average molecular weight is 234 g/mol. The molecule has 1 atom stereocenters. The van der Waals surface area contributed by atoms with Crippen LogP contribution in [0.5, 0.6) is 0 Å². The fourth-order valence-corrected chi connectivity index (χ4v) is 1.54. The molecule has 0 aliphatic heterocycles. The largest absolute Gasteiger partial charge is 0.500 e. The van der Waals surface area contributed by atoms with Gasteiger partial charge in [-0.2, -0.15) is 0 Å². The number of hydrogen-bond donors (Lipinski definition) is 1. The first kappa shape index (κ1) is 12.5. The molecular weight excluding hydrogens is 222 g/mol. The van der Waals surface area contributed by atoms with Gasteiger partial charge < -0.3 is 14.6 Å². The normalized spacial score (nSPS) is 20.8. The Bertz CT molecular complexity index is 347. The number of rotatable bonds is 4. The Labute approximate surface area is 91.2 Å². The Morgan fingerprint density at radius 3 is 2.50 bits per heavy atom. The van der Waals surface area contributed by atoms with E-state index in [4.69, 9.17) is 14.6 Å². The highest BCUT2D eigenvalue weighted by Gasteiger charge is 2.32. The first-order valence-electron chi connectivity index (χ1n) is 4.55. The van der Waals surface area contributed by atoms with E-state index in [1.165, 1.54) is 20.3 Å². The molecule has 1 aliphatic rings. The number of carboxylic acid groups (broad SMARTS) is 1. The molecule has 1 unspecified atom stereocenters. The minimum Gasteiger partial charge on any atom is -0.500 e. The van der Waals surface area contributed by atoms with Crippen LogP contribution in [-0.2, 0) is 14.3 Å². The van der Waals surface area contributed by atoms with Gasteiger partial charge in [-0.1, -0.05) is 0 Å². The molecule has 16 heavy (non-hydrogen) atoms. The molecule has 0 fully saturated rings. The van der Waals surface area contributed by atoms with Crippen molar-refractivity contribution < 1.29 is 28.2 Å². The molecule has 0 spiro atoms. The molecule has 0 radical (unpaired) electrons. The minimum atomic E-state index is -2.75. The molecule has 90 valence electrons. The van der Waals surface area contributed by atoms with E-state index in [1.807, 2.05) is 0 Å². The molecule has 0 aromatic carbocycles. The second-order valence-electron chi connectivity index (χ2n) is 3.23. The van der Waals surface area contributed by atoms with Crippen LogP contribution in [0.2, 0.25) is 0 Å². The van der Waals surface area contributed by atoms with Gasteiger partial charge in [0, 0.05) is 6.42 Å². The van der Waals surface area contributed by atoms with Crippen LogP contribution in [-0.4, -0.2) is 31.7 Å². The molecule has 0 amide bonds. The Morgan fingerprint density at radius 1 is 1.50 bits per heavy atom. The first-order valence-corrected chi connectivity index (χ1v) is 4.55. The lowest BCUT2D eigenvalue weighted by Gasteiger charge is -2.22. The van der Waals surface area contributed by atoms with E-state index < -0.39 is 18.3 Å². The molecule has 0 aromatic heterocycles. The summed E-state index contributed by atoms with van der Waals surface area (Å²) in [6.07, 6.45) is -1.67. The van der Waals surface area contributed by atoms with Gasteiger partial charge in [0.1, 0.15) is 11.5 Å². The molecule has 0 saturated carbocycles. The molecule has 0 aromatic rings. The van der Waals surface area contributed by atoms with Crippen LogP contribution in [0.4, 0.5) is 8.78 Å². The van der Waals surface area contributed by atoms with Crippen molar-refractivity contribution in [2.45, 2.75) is 12.8 Å². The topological polar surface area (TPSA) is 55.8 Å². The lowest BCUT2D eigenvalue weighted by atomic mass is 9.93.